The first-order chi connectivity index (χ1) is 8.65. The summed E-state index contributed by atoms with van der Waals surface area (Å²) in [5.74, 6) is 0.451. The molecule has 2 aromatic rings. The van der Waals surface area contributed by atoms with Crippen LogP contribution < -0.4 is 0 Å². The Morgan fingerprint density at radius 3 is 1.83 bits per heavy atom. The van der Waals surface area contributed by atoms with Crippen LogP contribution >= 0.6 is 0 Å². The highest BCUT2D eigenvalue weighted by Crippen LogP contribution is 2.18. The van der Waals surface area contributed by atoms with Crippen molar-refractivity contribution < 1.29 is 0 Å². The highest BCUT2D eigenvalue weighted by Gasteiger charge is 2.00. The van der Waals surface area contributed by atoms with Gasteiger partial charge in [0.15, 0.2) is 0 Å². The van der Waals surface area contributed by atoms with Crippen LogP contribution in [-0.2, 0) is 0 Å². The van der Waals surface area contributed by atoms with E-state index in [1.54, 1.807) is 0 Å². The molecule has 92 valence electrons. The summed E-state index contributed by atoms with van der Waals surface area (Å²) in [4.78, 5) is 0. The summed E-state index contributed by atoms with van der Waals surface area (Å²) in [6, 6.07) is 17.4. The lowest BCUT2D eigenvalue weighted by molar-refractivity contribution is 0.971. The highest BCUT2D eigenvalue weighted by atomic mass is 14.0. The number of benzene rings is 2. The Labute approximate surface area is 110 Å². The molecule has 0 nitrogen and oxygen atoms in total. The molecule has 0 fully saturated rings. The van der Waals surface area contributed by atoms with Crippen molar-refractivity contribution in [2.45, 2.75) is 26.7 Å². The van der Waals surface area contributed by atoms with Gasteiger partial charge in [-0.05, 0) is 30.9 Å². The molecule has 1 unspecified atom stereocenters. The molecule has 0 N–H and O–H groups in total. The van der Waals surface area contributed by atoms with Gasteiger partial charge in [0.25, 0.3) is 0 Å². The summed E-state index contributed by atoms with van der Waals surface area (Å²) in [6.07, 6.45) is 4.46. The Balaban J connectivity index is 2.08. The molecular weight excluding hydrogens is 216 g/mol. The van der Waals surface area contributed by atoms with Crippen molar-refractivity contribution in [1.29, 1.82) is 0 Å². The quantitative estimate of drug-likeness (QED) is 0.693. The second kappa shape index (κ2) is 5.68. The summed E-state index contributed by atoms with van der Waals surface area (Å²) in [5, 5.41) is 0. The molecule has 0 heteroatoms. The van der Waals surface area contributed by atoms with E-state index in [1.165, 1.54) is 22.3 Å². The minimum Gasteiger partial charge on any atom is -0.0767 e. The Kier molecular flexibility index (Phi) is 3.99. The summed E-state index contributed by atoms with van der Waals surface area (Å²) >= 11 is 0. The van der Waals surface area contributed by atoms with Crippen LogP contribution in [0.15, 0.2) is 54.6 Å². The van der Waals surface area contributed by atoms with E-state index in [-0.39, 0.29) is 0 Å². The van der Waals surface area contributed by atoms with Crippen molar-refractivity contribution in [3.05, 3.63) is 76.9 Å². The molecule has 0 saturated heterocycles. The maximum atomic E-state index is 2.26. The van der Waals surface area contributed by atoms with E-state index in [1.807, 2.05) is 0 Å². The first kappa shape index (κ1) is 12.6. The van der Waals surface area contributed by atoms with Crippen LogP contribution in [0, 0.1) is 13.8 Å². The fraction of sp³-hybridized carbons (Fsp3) is 0.222. The fourth-order valence-corrected chi connectivity index (χ4v) is 1.91. The van der Waals surface area contributed by atoms with Crippen molar-refractivity contribution in [2.24, 2.45) is 0 Å². The molecule has 0 radical (unpaired) electrons. The lowest BCUT2D eigenvalue weighted by Gasteiger charge is -2.07. The first-order valence-electron chi connectivity index (χ1n) is 6.46. The zero-order valence-corrected chi connectivity index (χ0v) is 11.4. The Morgan fingerprint density at radius 1 is 0.778 bits per heavy atom. The monoisotopic (exact) mass is 236 g/mol. The largest absolute Gasteiger partial charge is 0.0767 e. The predicted molar refractivity (Wildman–Crippen MR) is 79.8 cm³/mol. The van der Waals surface area contributed by atoms with Crippen LogP contribution in [-0.4, -0.2) is 0 Å². The van der Waals surface area contributed by atoms with Gasteiger partial charge in [-0.25, -0.2) is 0 Å². The molecule has 0 bridgehead atoms. The number of aryl methyl sites for hydroxylation is 2. The van der Waals surface area contributed by atoms with Gasteiger partial charge in [-0.15, -0.1) is 0 Å². The van der Waals surface area contributed by atoms with E-state index in [0.29, 0.717) is 5.92 Å². The maximum Gasteiger partial charge on any atom is -0.000710 e. The van der Waals surface area contributed by atoms with Crippen LogP contribution in [0.2, 0.25) is 0 Å². The molecule has 0 aromatic heterocycles. The average molecular weight is 236 g/mol. The molecular formula is C18H20. The van der Waals surface area contributed by atoms with Crippen molar-refractivity contribution in [1.82, 2.24) is 0 Å². The molecule has 0 aliphatic rings. The third-order valence-corrected chi connectivity index (χ3v) is 3.26. The SMILES string of the molecule is Cc1ccc(/C=C/C(C)c2ccc(C)cc2)cc1. The van der Waals surface area contributed by atoms with Crippen molar-refractivity contribution in [3.63, 3.8) is 0 Å². The van der Waals surface area contributed by atoms with Crippen LogP contribution in [0.3, 0.4) is 0 Å². The van der Waals surface area contributed by atoms with Gasteiger partial charge in [0, 0.05) is 0 Å². The van der Waals surface area contributed by atoms with E-state index in [4.69, 9.17) is 0 Å². The number of rotatable bonds is 3. The number of hydrogen-bond acceptors (Lipinski definition) is 0. The van der Waals surface area contributed by atoms with E-state index in [0.717, 1.165) is 0 Å². The standard InChI is InChI=1S/C18H20/c1-14-4-9-17(10-5-14)11-8-16(3)18-12-6-15(2)7-13-18/h4-13,16H,1-3H3/b11-8+. The molecule has 0 amide bonds. The van der Waals surface area contributed by atoms with Gasteiger partial charge in [0.05, 0.1) is 0 Å². The number of allylic oxidation sites excluding steroid dienone is 1. The zero-order valence-electron chi connectivity index (χ0n) is 11.4. The molecule has 0 spiro atoms. The Hall–Kier alpha value is -1.82. The van der Waals surface area contributed by atoms with Gasteiger partial charge in [0.1, 0.15) is 0 Å². The van der Waals surface area contributed by atoms with Crippen LogP contribution in [0.4, 0.5) is 0 Å². The molecule has 2 rings (SSSR count). The van der Waals surface area contributed by atoms with Gasteiger partial charge < -0.3 is 0 Å². The van der Waals surface area contributed by atoms with Crippen LogP contribution in [0.25, 0.3) is 6.08 Å². The smallest absolute Gasteiger partial charge is 0.000710 e. The fourth-order valence-electron chi connectivity index (χ4n) is 1.91. The normalized spacial score (nSPS) is 12.8. The second-order valence-electron chi connectivity index (χ2n) is 4.97. The minimum absolute atomic E-state index is 0.451. The van der Waals surface area contributed by atoms with E-state index in [2.05, 4.69) is 81.5 Å². The van der Waals surface area contributed by atoms with E-state index < -0.39 is 0 Å². The third-order valence-electron chi connectivity index (χ3n) is 3.26. The Bertz CT molecular complexity index is 515. The van der Waals surface area contributed by atoms with Gasteiger partial charge in [-0.3, -0.25) is 0 Å². The molecule has 0 heterocycles. The first-order valence-corrected chi connectivity index (χ1v) is 6.46. The second-order valence-corrected chi connectivity index (χ2v) is 4.97. The Morgan fingerprint density at radius 2 is 1.28 bits per heavy atom. The van der Waals surface area contributed by atoms with Gasteiger partial charge in [0.2, 0.25) is 0 Å². The molecule has 2 aromatic carbocycles. The number of hydrogen-bond donors (Lipinski definition) is 0. The highest BCUT2D eigenvalue weighted by molar-refractivity contribution is 5.51. The lowest BCUT2D eigenvalue weighted by atomic mass is 9.99. The van der Waals surface area contributed by atoms with Crippen molar-refractivity contribution >= 4 is 6.08 Å². The third kappa shape index (κ3) is 3.33. The topological polar surface area (TPSA) is 0 Å². The van der Waals surface area contributed by atoms with Gasteiger partial charge in [-0.1, -0.05) is 78.7 Å². The minimum atomic E-state index is 0.451. The molecule has 0 aliphatic heterocycles. The van der Waals surface area contributed by atoms with E-state index in [9.17, 15) is 0 Å². The van der Waals surface area contributed by atoms with E-state index >= 15 is 0 Å². The summed E-state index contributed by atoms with van der Waals surface area (Å²) in [6.45, 7) is 6.47. The molecule has 0 saturated carbocycles. The zero-order chi connectivity index (χ0) is 13.0. The van der Waals surface area contributed by atoms with Gasteiger partial charge in [-0.2, -0.15) is 0 Å². The summed E-state index contributed by atoms with van der Waals surface area (Å²) in [5.41, 5.74) is 5.25. The molecule has 18 heavy (non-hydrogen) atoms. The van der Waals surface area contributed by atoms with Crippen LogP contribution in [0.1, 0.15) is 35.1 Å². The summed E-state index contributed by atoms with van der Waals surface area (Å²) in [7, 11) is 0. The average Bonchev–Trinajstić information content (AvgIpc) is 2.38. The molecule has 0 aliphatic carbocycles. The lowest BCUT2D eigenvalue weighted by Crippen LogP contribution is -1.88. The van der Waals surface area contributed by atoms with Crippen molar-refractivity contribution in [3.8, 4) is 0 Å². The molecule has 1 atom stereocenters. The maximum absolute atomic E-state index is 2.26. The summed E-state index contributed by atoms with van der Waals surface area (Å²) < 4.78 is 0. The van der Waals surface area contributed by atoms with Gasteiger partial charge >= 0.3 is 0 Å². The van der Waals surface area contributed by atoms with Crippen molar-refractivity contribution in [2.75, 3.05) is 0 Å². The predicted octanol–water partition coefficient (Wildman–Crippen LogP) is 5.12. The van der Waals surface area contributed by atoms with Crippen LogP contribution in [0.5, 0.6) is 0 Å².